The summed E-state index contributed by atoms with van der Waals surface area (Å²) >= 11 is 0. The summed E-state index contributed by atoms with van der Waals surface area (Å²) in [6.07, 6.45) is 1.69. The molecule has 0 fully saturated rings. The number of hydrogen-bond donors (Lipinski definition) is 0. The lowest BCUT2D eigenvalue weighted by molar-refractivity contribution is -0.111. The Morgan fingerprint density at radius 3 is 2.33 bits per heavy atom. The van der Waals surface area contributed by atoms with E-state index in [9.17, 15) is 4.79 Å². The van der Waals surface area contributed by atoms with Crippen molar-refractivity contribution in [2.24, 2.45) is 5.10 Å². The molecule has 98 valence electrons. The van der Waals surface area contributed by atoms with E-state index >= 15 is 0 Å². The summed E-state index contributed by atoms with van der Waals surface area (Å²) in [7, 11) is -1.14. The van der Waals surface area contributed by atoms with Crippen molar-refractivity contribution in [3.05, 3.63) is 30.3 Å². The molecule has 0 saturated carbocycles. The number of ketones is 1. The Morgan fingerprint density at radius 2 is 1.89 bits per heavy atom. The van der Waals surface area contributed by atoms with Crippen LogP contribution in [0.4, 0.5) is 5.69 Å². The third-order valence-corrected chi connectivity index (χ3v) is 4.02. The van der Waals surface area contributed by atoms with Gasteiger partial charge >= 0.3 is 0 Å². The van der Waals surface area contributed by atoms with Gasteiger partial charge in [-0.3, -0.25) is 9.47 Å². The molecule has 0 N–H and O–H groups in total. The topological polar surface area (TPSA) is 32.7 Å². The third-order valence-electron chi connectivity index (χ3n) is 2.63. The Labute approximate surface area is 111 Å². The lowest BCUT2D eigenvalue weighted by Crippen LogP contribution is -2.31. The molecular weight excluding hydrogens is 240 g/mol. The predicted octanol–water partition coefficient (Wildman–Crippen LogP) is 3.22. The molecule has 0 bridgehead atoms. The first kappa shape index (κ1) is 14.6. The van der Waals surface area contributed by atoms with Crippen LogP contribution in [0.3, 0.4) is 0 Å². The highest BCUT2D eigenvalue weighted by Gasteiger charge is 2.13. The van der Waals surface area contributed by atoms with E-state index < -0.39 is 8.96 Å². The SMILES string of the molecule is CCCC(=NN(c1ccccc1)[SiH](C)C)C(C)=O. The molecule has 0 aliphatic heterocycles. The van der Waals surface area contributed by atoms with Gasteiger partial charge in [-0.25, -0.2) is 0 Å². The maximum absolute atomic E-state index is 11.6. The first-order valence-electron chi connectivity index (χ1n) is 6.49. The van der Waals surface area contributed by atoms with Gasteiger partial charge in [0.25, 0.3) is 0 Å². The van der Waals surface area contributed by atoms with Gasteiger partial charge in [0.1, 0.15) is 5.71 Å². The highest BCUT2D eigenvalue weighted by Crippen LogP contribution is 2.16. The zero-order chi connectivity index (χ0) is 13.5. The lowest BCUT2D eigenvalue weighted by Gasteiger charge is -2.24. The Morgan fingerprint density at radius 1 is 1.28 bits per heavy atom. The maximum Gasteiger partial charge on any atom is 0.175 e. The van der Waals surface area contributed by atoms with Crippen molar-refractivity contribution in [1.29, 1.82) is 0 Å². The van der Waals surface area contributed by atoms with Crippen LogP contribution < -0.4 is 4.67 Å². The number of hydrogen-bond acceptors (Lipinski definition) is 3. The van der Waals surface area contributed by atoms with E-state index in [4.69, 9.17) is 0 Å². The van der Waals surface area contributed by atoms with Gasteiger partial charge < -0.3 is 0 Å². The Kier molecular flexibility index (Phi) is 5.78. The molecule has 0 atom stereocenters. The molecule has 0 radical (unpaired) electrons. The van der Waals surface area contributed by atoms with Crippen LogP contribution in [0.2, 0.25) is 13.1 Å². The number of hydrazone groups is 1. The van der Waals surface area contributed by atoms with Crippen molar-refractivity contribution in [1.82, 2.24) is 0 Å². The molecule has 0 saturated heterocycles. The fourth-order valence-electron chi connectivity index (χ4n) is 1.72. The molecule has 0 aliphatic rings. The van der Waals surface area contributed by atoms with Gasteiger partial charge in [0.05, 0.1) is 0 Å². The van der Waals surface area contributed by atoms with Crippen molar-refractivity contribution in [3.8, 4) is 0 Å². The van der Waals surface area contributed by atoms with E-state index in [-0.39, 0.29) is 5.78 Å². The lowest BCUT2D eigenvalue weighted by atomic mass is 10.2. The molecule has 0 amide bonds. The number of anilines is 1. The minimum Gasteiger partial charge on any atom is -0.298 e. The predicted molar refractivity (Wildman–Crippen MR) is 80.8 cm³/mol. The first-order chi connectivity index (χ1) is 8.56. The molecule has 18 heavy (non-hydrogen) atoms. The molecule has 0 spiro atoms. The van der Waals surface area contributed by atoms with E-state index in [0.29, 0.717) is 5.71 Å². The van der Waals surface area contributed by atoms with Crippen molar-refractivity contribution in [3.63, 3.8) is 0 Å². The minimum absolute atomic E-state index is 0.0763. The fourth-order valence-corrected chi connectivity index (χ4v) is 2.85. The van der Waals surface area contributed by atoms with E-state index in [1.807, 2.05) is 35.0 Å². The molecular formula is C14H22N2OSi. The van der Waals surface area contributed by atoms with Gasteiger partial charge in [-0.15, -0.1) is 0 Å². The monoisotopic (exact) mass is 262 g/mol. The standard InChI is InChI=1S/C14H22N2OSi/c1-5-9-14(12(2)17)15-16(18(3)4)13-10-7-6-8-11-13/h6-8,10-11,18H,5,9H2,1-4H3. The van der Waals surface area contributed by atoms with Gasteiger partial charge in [0.2, 0.25) is 0 Å². The number of para-hydroxylation sites is 1. The summed E-state index contributed by atoms with van der Waals surface area (Å²) in [4.78, 5) is 11.6. The van der Waals surface area contributed by atoms with Gasteiger partial charge in [0.15, 0.2) is 14.7 Å². The zero-order valence-electron chi connectivity index (χ0n) is 11.7. The third kappa shape index (κ3) is 4.11. The second-order valence-electron chi connectivity index (χ2n) is 4.63. The van der Waals surface area contributed by atoms with Gasteiger partial charge in [-0.05, 0) is 18.6 Å². The molecule has 0 aliphatic carbocycles. The van der Waals surface area contributed by atoms with E-state index in [1.165, 1.54) is 0 Å². The second-order valence-corrected chi connectivity index (χ2v) is 7.30. The molecule has 0 heterocycles. The highest BCUT2D eigenvalue weighted by molar-refractivity contribution is 6.60. The van der Waals surface area contributed by atoms with Crippen LogP contribution in [0, 0.1) is 0 Å². The van der Waals surface area contributed by atoms with Crippen LogP contribution >= 0.6 is 0 Å². The summed E-state index contributed by atoms with van der Waals surface area (Å²) in [5.41, 5.74) is 1.76. The van der Waals surface area contributed by atoms with Crippen LogP contribution in [0.15, 0.2) is 35.4 Å². The van der Waals surface area contributed by atoms with Gasteiger partial charge in [-0.1, -0.05) is 44.6 Å². The quantitative estimate of drug-likeness (QED) is 0.448. The molecule has 1 aromatic rings. The van der Waals surface area contributed by atoms with Crippen LogP contribution in [-0.4, -0.2) is 20.5 Å². The van der Waals surface area contributed by atoms with E-state index in [2.05, 4.69) is 25.1 Å². The number of carbonyl (C=O) groups is 1. The Hall–Kier alpha value is -1.42. The van der Waals surface area contributed by atoms with Crippen LogP contribution in [0.1, 0.15) is 26.7 Å². The average Bonchev–Trinajstić information content (AvgIpc) is 2.34. The first-order valence-corrected chi connectivity index (χ1v) is 9.31. The van der Waals surface area contributed by atoms with Gasteiger partial charge in [-0.2, -0.15) is 5.10 Å². The Balaban J connectivity index is 3.06. The number of carbonyl (C=O) groups excluding carboxylic acids is 1. The van der Waals surface area contributed by atoms with Crippen molar-refractivity contribution < 1.29 is 4.79 Å². The summed E-state index contributed by atoms with van der Waals surface area (Å²) in [6.45, 7) is 8.08. The largest absolute Gasteiger partial charge is 0.298 e. The summed E-state index contributed by atoms with van der Waals surface area (Å²) in [6, 6.07) is 10.1. The summed E-state index contributed by atoms with van der Waals surface area (Å²) in [5, 5.41) is 4.60. The summed E-state index contributed by atoms with van der Waals surface area (Å²) in [5.74, 6) is 0.0763. The molecule has 4 heteroatoms. The van der Waals surface area contributed by atoms with Crippen molar-refractivity contribution >= 4 is 26.1 Å². The fraction of sp³-hybridized carbons (Fsp3) is 0.429. The molecule has 3 nitrogen and oxygen atoms in total. The maximum atomic E-state index is 11.6. The van der Waals surface area contributed by atoms with E-state index in [1.54, 1.807) is 6.92 Å². The van der Waals surface area contributed by atoms with Crippen LogP contribution in [-0.2, 0) is 4.79 Å². The second kappa shape index (κ2) is 7.11. The number of rotatable bonds is 6. The minimum atomic E-state index is -1.14. The number of Topliss-reactive ketones (excluding diaryl/α,β-unsaturated/α-hetero) is 1. The number of benzene rings is 1. The summed E-state index contributed by atoms with van der Waals surface area (Å²) < 4.78 is 2.05. The molecule has 1 aromatic carbocycles. The van der Waals surface area contributed by atoms with Crippen molar-refractivity contribution in [2.45, 2.75) is 39.8 Å². The van der Waals surface area contributed by atoms with E-state index in [0.717, 1.165) is 18.5 Å². The Bertz CT molecular complexity index is 415. The van der Waals surface area contributed by atoms with Gasteiger partial charge in [0, 0.05) is 12.6 Å². The zero-order valence-corrected chi connectivity index (χ0v) is 12.8. The van der Waals surface area contributed by atoms with Crippen molar-refractivity contribution in [2.75, 3.05) is 4.67 Å². The molecule has 1 rings (SSSR count). The van der Waals surface area contributed by atoms with Crippen LogP contribution in [0.5, 0.6) is 0 Å². The number of nitrogens with zero attached hydrogens (tertiary/aromatic N) is 2. The normalized spacial score (nSPS) is 11.7. The van der Waals surface area contributed by atoms with Crippen LogP contribution in [0.25, 0.3) is 0 Å². The molecule has 0 unspecified atom stereocenters. The highest BCUT2D eigenvalue weighted by atomic mass is 28.3. The average molecular weight is 262 g/mol. The molecule has 0 aromatic heterocycles. The smallest absolute Gasteiger partial charge is 0.175 e.